The van der Waals surface area contributed by atoms with E-state index in [1.807, 2.05) is 0 Å². The summed E-state index contributed by atoms with van der Waals surface area (Å²) in [4.78, 5) is 12.2. The molecule has 0 bridgehead atoms. The minimum absolute atomic E-state index is 0.0340. The van der Waals surface area contributed by atoms with E-state index in [1.54, 1.807) is 0 Å². The Balaban J connectivity index is 2.12. The maximum Gasteiger partial charge on any atom is 0.315 e. The van der Waals surface area contributed by atoms with Gasteiger partial charge in [-0.05, 0) is 95.6 Å². The third kappa shape index (κ3) is 4.75. The number of hydrogen-bond donors (Lipinski definition) is 6. The minimum atomic E-state index is -0.523. The van der Waals surface area contributed by atoms with Crippen LogP contribution in [0.3, 0.4) is 0 Å². The lowest BCUT2D eigenvalue weighted by molar-refractivity contribution is 0.240. The lowest BCUT2D eigenvalue weighted by Crippen LogP contribution is -2.35. The second-order valence-corrected chi connectivity index (χ2v) is 10.0. The average molecular weight is 778 g/mol. The number of phenolic OH excluding ortho intramolecular Hbond substituents is 4. The Kier molecular flexibility index (Phi) is 8.36. The molecule has 0 aliphatic carbocycles. The molecule has 0 aliphatic rings. The maximum absolute atomic E-state index is 12.2. The number of nitrogens with one attached hydrogen (secondary N) is 2. The van der Waals surface area contributed by atoms with E-state index in [4.69, 9.17) is 0 Å². The molecular weight excluding hydrogens is 768 g/mol. The van der Waals surface area contributed by atoms with Crippen LogP contribution in [-0.4, -0.2) is 26.5 Å². The summed E-state index contributed by atoms with van der Waals surface area (Å²) in [5.41, 5.74) is 1.01. The lowest BCUT2D eigenvalue weighted by Gasteiger charge is -2.16. The summed E-state index contributed by atoms with van der Waals surface area (Å²) in [6.45, 7) is 0.0681. The van der Waals surface area contributed by atoms with Crippen LogP contribution in [0.1, 0.15) is 11.1 Å². The Morgan fingerprint density at radius 2 is 0.857 bits per heavy atom. The van der Waals surface area contributed by atoms with Gasteiger partial charge in [0.1, 0.15) is 0 Å². The predicted molar refractivity (Wildman–Crippen MR) is 125 cm³/mol. The Hall–Kier alpha value is -0.210. The molecule has 0 radical (unpaired) electrons. The van der Waals surface area contributed by atoms with Gasteiger partial charge in [0.05, 0.1) is 17.9 Å². The van der Waals surface area contributed by atoms with E-state index in [2.05, 4.69) is 106 Å². The van der Waals surface area contributed by atoms with Gasteiger partial charge in [0.25, 0.3) is 0 Å². The van der Waals surface area contributed by atoms with E-state index >= 15 is 0 Å². The molecule has 2 aromatic rings. The predicted octanol–water partition coefficient (Wildman–Crippen LogP) is 6.08. The van der Waals surface area contributed by atoms with Gasteiger partial charge < -0.3 is 31.1 Å². The Bertz CT molecular complexity index is 835. The average Bonchev–Trinajstić information content (AvgIpc) is 2.67. The number of phenols is 4. The summed E-state index contributed by atoms with van der Waals surface area (Å²) in [7, 11) is 0. The number of rotatable bonds is 4. The monoisotopic (exact) mass is 772 g/mol. The van der Waals surface area contributed by atoms with E-state index < -0.39 is 6.03 Å². The first-order valence-corrected chi connectivity index (χ1v) is 11.9. The van der Waals surface area contributed by atoms with Crippen LogP contribution in [0.4, 0.5) is 4.79 Å². The van der Waals surface area contributed by atoms with Crippen LogP contribution in [0, 0.1) is 0 Å². The molecule has 0 fully saturated rings. The Morgan fingerprint density at radius 1 is 0.571 bits per heavy atom. The van der Waals surface area contributed by atoms with Crippen molar-refractivity contribution in [3.8, 4) is 23.0 Å². The molecular formula is C15H10Br6N2O5. The van der Waals surface area contributed by atoms with Crippen molar-refractivity contribution in [2.45, 2.75) is 13.1 Å². The van der Waals surface area contributed by atoms with E-state index in [-0.39, 0.29) is 54.0 Å². The largest absolute Gasteiger partial charge is 0.503 e. The third-order valence-corrected chi connectivity index (χ3v) is 9.64. The number of hydrogen-bond acceptors (Lipinski definition) is 5. The second-order valence-electron chi connectivity index (χ2n) is 5.27. The maximum atomic E-state index is 12.2. The van der Waals surface area contributed by atoms with Gasteiger partial charge in [-0.1, -0.05) is 0 Å². The molecule has 0 saturated carbocycles. The summed E-state index contributed by atoms with van der Waals surface area (Å²) in [6.07, 6.45) is 0. The molecule has 2 amide bonds. The van der Waals surface area contributed by atoms with E-state index in [1.165, 1.54) is 0 Å². The third-order valence-electron chi connectivity index (χ3n) is 3.58. The van der Waals surface area contributed by atoms with Crippen molar-refractivity contribution < 1.29 is 25.2 Å². The highest BCUT2D eigenvalue weighted by molar-refractivity contribution is 9.13. The number of halogens is 6. The van der Waals surface area contributed by atoms with Crippen LogP contribution in [-0.2, 0) is 13.1 Å². The summed E-state index contributed by atoms with van der Waals surface area (Å²) >= 11 is 19.3. The van der Waals surface area contributed by atoms with Crippen LogP contribution in [0.5, 0.6) is 23.0 Å². The molecule has 152 valence electrons. The molecule has 0 atom stereocenters. The molecule has 13 heteroatoms. The number of carbonyl (C=O) groups is 1. The van der Waals surface area contributed by atoms with Gasteiger partial charge in [-0.25, -0.2) is 4.79 Å². The molecule has 0 heterocycles. The molecule has 0 aromatic heterocycles. The van der Waals surface area contributed by atoms with Crippen molar-refractivity contribution in [3.05, 3.63) is 38.0 Å². The lowest BCUT2D eigenvalue weighted by atomic mass is 10.2. The molecule has 28 heavy (non-hydrogen) atoms. The molecule has 0 unspecified atom stereocenters. The first kappa shape index (κ1) is 24.1. The second kappa shape index (κ2) is 9.73. The summed E-state index contributed by atoms with van der Waals surface area (Å²) < 4.78 is 1.91. The van der Waals surface area contributed by atoms with Crippen molar-refractivity contribution in [1.82, 2.24) is 10.6 Å². The first-order valence-electron chi connectivity index (χ1n) is 7.15. The van der Waals surface area contributed by atoms with Crippen LogP contribution in [0.25, 0.3) is 0 Å². The smallest absolute Gasteiger partial charge is 0.315 e. The Morgan fingerprint density at radius 3 is 1.18 bits per heavy atom. The van der Waals surface area contributed by atoms with Gasteiger partial charge in [0, 0.05) is 33.2 Å². The molecule has 0 spiro atoms. The van der Waals surface area contributed by atoms with E-state index in [0.717, 1.165) is 0 Å². The fourth-order valence-corrected chi connectivity index (χ4v) is 5.57. The number of amides is 2. The fourth-order valence-electron chi connectivity index (χ4n) is 2.08. The number of carbonyl (C=O) groups excluding carboxylic acids is 1. The minimum Gasteiger partial charge on any atom is -0.503 e. The van der Waals surface area contributed by atoms with Crippen LogP contribution in [0.15, 0.2) is 26.8 Å². The van der Waals surface area contributed by atoms with Crippen molar-refractivity contribution in [3.63, 3.8) is 0 Å². The zero-order chi connectivity index (χ0) is 21.3. The number of benzene rings is 2. The van der Waals surface area contributed by atoms with Gasteiger partial charge in [0.15, 0.2) is 23.0 Å². The van der Waals surface area contributed by atoms with Crippen LogP contribution >= 0.6 is 95.6 Å². The van der Waals surface area contributed by atoms with Gasteiger partial charge in [0.2, 0.25) is 0 Å². The molecule has 2 aromatic carbocycles. The van der Waals surface area contributed by atoms with Gasteiger partial charge in [-0.15, -0.1) is 0 Å². The van der Waals surface area contributed by atoms with Crippen LogP contribution in [0.2, 0.25) is 0 Å². The van der Waals surface area contributed by atoms with Crippen molar-refractivity contribution >= 4 is 102 Å². The highest BCUT2D eigenvalue weighted by Gasteiger charge is 2.21. The summed E-state index contributed by atoms with van der Waals surface area (Å²) in [5, 5.41) is 44.7. The normalized spacial score (nSPS) is 10.8. The zero-order valence-electron chi connectivity index (χ0n) is 13.4. The molecule has 0 aliphatic heterocycles. The fraction of sp³-hybridized carbons (Fsp3) is 0.133. The standard InChI is InChI=1S/C15H10Br6N2O5/c16-5-3(7(18)11(24)13(26)9(5)20)1-22-15(28)23-2-4-6(17)10(21)14(27)12(25)8(4)19/h24-27H,1-2H2,(H2,22,23,28). The van der Waals surface area contributed by atoms with Gasteiger partial charge in [-0.3, -0.25) is 0 Å². The quantitative estimate of drug-likeness (QED) is 0.166. The molecule has 6 N–H and O–H groups in total. The zero-order valence-corrected chi connectivity index (χ0v) is 22.9. The highest BCUT2D eigenvalue weighted by Crippen LogP contribution is 2.48. The van der Waals surface area contributed by atoms with Crippen LogP contribution < -0.4 is 10.6 Å². The van der Waals surface area contributed by atoms with E-state index in [0.29, 0.717) is 20.1 Å². The van der Waals surface area contributed by atoms with Crippen molar-refractivity contribution in [2.24, 2.45) is 0 Å². The van der Waals surface area contributed by atoms with Gasteiger partial charge >= 0.3 is 6.03 Å². The Labute approximate surface area is 209 Å². The molecule has 2 rings (SSSR count). The van der Waals surface area contributed by atoms with Crippen molar-refractivity contribution in [2.75, 3.05) is 0 Å². The van der Waals surface area contributed by atoms with E-state index in [9.17, 15) is 25.2 Å². The summed E-state index contributed by atoms with van der Waals surface area (Å²) in [6, 6.07) is -0.523. The highest BCUT2D eigenvalue weighted by atomic mass is 79.9. The van der Waals surface area contributed by atoms with Gasteiger partial charge in [-0.2, -0.15) is 0 Å². The number of aromatic hydroxyl groups is 4. The molecule has 7 nitrogen and oxygen atoms in total. The van der Waals surface area contributed by atoms with Crippen molar-refractivity contribution in [1.29, 1.82) is 0 Å². The SMILES string of the molecule is O=C(NCc1c(Br)c(O)c(O)c(Br)c1Br)NCc1c(Br)c(O)c(O)c(Br)c1Br. The summed E-state index contributed by atoms with van der Waals surface area (Å²) in [5.74, 6) is -1.38. The molecule has 0 saturated heterocycles. The first-order chi connectivity index (χ1) is 13.0. The number of urea groups is 1. The topological polar surface area (TPSA) is 122 Å².